The molecule has 0 aliphatic heterocycles. The minimum atomic E-state index is -0.829. The van der Waals surface area contributed by atoms with E-state index < -0.39 is 5.60 Å². The number of rotatable bonds is 4. The molecular formula is C23H31N3O2. The lowest BCUT2D eigenvalue weighted by Crippen LogP contribution is -2.53. The Morgan fingerprint density at radius 1 is 1.25 bits per heavy atom. The Labute approximate surface area is 167 Å². The summed E-state index contributed by atoms with van der Waals surface area (Å²) in [6, 6.07) is 8.29. The highest BCUT2D eigenvalue weighted by Gasteiger charge is 2.40. The second-order valence-electron chi connectivity index (χ2n) is 8.59. The van der Waals surface area contributed by atoms with Crippen LogP contribution in [0.2, 0.25) is 0 Å². The molecular weight excluding hydrogens is 350 g/mol. The van der Waals surface area contributed by atoms with Gasteiger partial charge < -0.3 is 10.0 Å². The maximum atomic E-state index is 13.4. The number of carbonyl (C=O) groups is 1. The van der Waals surface area contributed by atoms with Crippen LogP contribution in [-0.4, -0.2) is 44.4 Å². The first-order valence-electron chi connectivity index (χ1n) is 10.6. The predicted octanol–water partition coefficient (Wildman–Crippen LogP) is 3.69. The number of hydrogen-bond donors (Lipinski definition) is 1. The first-order valence-corrected chi connectivity index (χ1v) is 10.6. The van der Waals surface area contributed by atoms with Gasteiger partial charge in [0.25, 0.3) is 5.91 Å². The molecule has 1 amide bonds. The summed E-state index contributed by atoms with van der Waals surface area (Å²) in [7, 11) is 1.82. The van der Waals surface area contributed by atoms with Gasteiger partial charge in [0, 0.05) is 18.3 Å². The van der Waals surface area contributed by atoms with Gasteiger partial charge in [-0.25, -0.2) is 4.68 Å². The van der Waals surface area contributed by atoms with Crippen LogP contribution in [-0.2, 0) is 19.3 Å². The van der Waals surface area contributed by atoms with Gasteiger partial charge in [0.05, 0.1) is 17.3 Å². The molecule has 1 aromatic carbocycles. The molecule has 4 rings (SSSR count). The van der Waals surface area contributed by atoms with Crippen molar-refractivity contribution in [3.63, 3.8) is 0 Å². The van der Waals surface area contributed by atoms with Gasteiger partial charge in [0.2, 0.25) is 0 Å². The number of aromatic nitrogens is 2. The van der Waals surface area contributed by atoms with E-state index >= 15 is 0 Å². The number of hydrogen-bond acceptors (Lipinski definition) is 3. The monoisotopic (exact) mass is 381 g/mol. The minimum Gasteiger partial charge on any atom is -0.388 e. The van der Waals surface area contributed by atoms with Crippen molar-refractivity contribution in [1.82, 2.24) is 14.7 Å². The first kappa shape index (κ1) is 19.2. The highest BCUT2D eigenvalue weighted by molar-refractivity contribution is 5.94. The Bertz CT molecular complexity index is 867. The highest BCUT2D eigenvalue weighted by atomic mass is 16.3. The van der Waals surface area contributed by atoms with E-state index in [1.54, 1.807) is 4.90 Å². The fraction of sp³-hybridized carbons (Fsp3) is 0.565. The van der Waals surface area contributed by atoms with Crippen LogP contribution in [0.5, 0.6) is 0 Å². The maximum absolute atomic E-state index is 13.4. The van der Waals surface area contributed by atoms with E-state index in [1.165, 1.54) is 5.56 Å². The van der Waals surface area contributed by atoms with Crippen molar-refractivity contribution in [2.24, 2.45) is 0 Å². The fourth-order valence-electron chi connectivity index (χ4n) is 4.91. The zero-order valence-corrected chi connectivity index (χ0v) is 17.2. The molecule has 2 aliphatic rings. The van der Waals surface area contributed by atoms with Gasteiger partial charge in [-0.15, -0.1) is 0 Å². The molecule has 0 spiro atoms. The molecule has 28 heavy (non-hydrogen) atoms. The van der Waals surface area contributed by atoms with E-state index in [2.05, 4.69) is 31.2 Å². The van der Waals surface area contributed by atoms with Crippen LogP contribution in [0.25, 0.3) is 5.69 Å². The average Bonchev–Trinajstić information content (AvgIpc) is 3.29. The van der Waals surface area contributed by atoms with Gasteiger partial charge in [0.15, 0.2) is 5.69 Å². The first-order chi connectivity index (χ1) is 13.4. The quantitative estimate of drug-likeness (QED) is 0.879. The van der Waals surface area contributed by atoms with Gasteiger partial charge in [-0.2, -0.15) is 5.10 Å². The summed E-state index contributed by atoms with van der Waals surface area (Å²) in [6.07, 6.45) is 7.58. The molecule has 2 aliphatic carbocycles. The third-order valence-corrected chi connectivity index (χ3v) is 6.64. The molecule has 0 radical (unpaired) electrons. The summed E-state index contributed by atoms with van der Waals surface area (Å²) in [5.41, 5.74) is 4.30. The number of aliphatic hydroxyl groups is 1. The van der Waals surface area contributed by atoms with Gasteiger partial charge in [0.1, 0.15) is 0 Å². The molecule has 0 unspecified atom stereocenters. The Balaban J connectivity index is 1.67. The van der Waals surface area contributed by atoms with Crippen LogP contribution in [0, 0.1) is 0 Å². The summed E-state index contributed by atoms with van der Waals surface area (Å²) in [4.78, 5) is 15.1. The third kappa shape index (κ3) is 3.26. The van der Waals surface area contributed by atoms with E-state index in [1.807, 2.05) is 18.7 Å². The number of carbonyl (C=O) groups excluding carboxylic acids is 1. The molecule has 2 atom stereocenters. The lowest BCUT2D eigenvalue weighted by atomic mass is 9.81. The van der Waals surface area contributed by atoms with Crippen LogP contribution in [0.4, 0.5) is 0 Å². The number of aryl methyl sites for hydroxylation is 1. The molecule has 1 N–H and O–H groups in total. The summed E-state index contributed by atoms with van der Waals surface area (Å²) in [5.74, 6) is -0.0609. The fourth-order valence-corrected chi connectivity index (χ4v) is 4.91. The second-order valence-corrected chi connectivity index (χ2v) is 8.59. The lowest BCUT2D eigenvalue weighted by Gasteiger charge is -2.42. The minimum absolute atomic E-state index is 0.0609. The Hall–Kier alpha value is -2.14. The number of likely N-dealkylation sites (N-methyl/N-ethyl adjacent to an activating group) is 1. The van der Waals surface area contributed by atoms with Crippen LogP contribution >= 0.6 is 0 Å². The molecule has 0 saturated heterocycles. The van der Waals surface area contributed by atoms with Gasteiger partial charge in [-0.3, -0.25) is 4.79 Å². The number of amides is 1. The van der Waals surface area contributed by atoms with Gasteiger partial charge >= 0.3 is 0 Å². The van der Waals surface area contributed by atoms with Crippen LogP contribution < -0.4 is 0 Å². The average molecular weight is 382 g/mol. The molecule has 150 valence electrons. The smallest absolute Gasteiger partial charge is 0.274 e. The Morgan fingerprint density at radius 3 is 2.68 bits per heavy atom. The zero-order chi connectivity index (χ0) is 19.9. The number of nitrogens with zero attached hydrogens (tertiary/aromatic N) is 3. The molecule has 5 nitrogen and oxygen atoms in total. The van der Waals surface area contributed by atoms with Crippen molar-refractivity contribution in [3.05, 3.63) is 46.8 Å². The third-order valence-electron chi connectivity index (χ3n) is 6.64. The van der Waals surface area contributed by atoms with Crippen molar-refractivity contribution in [2.75, 3.05) is 7.05 Å². The molecule has 0 bridgehead atoms. The summed E-state index contributed by atoms with van der Waals surface area (Å²) in [6.45, 7) is 4.01. The number of fused-ring (bicyclic) bond motifs is 1. The standard InChI is InChI=1S/C23H31N3O2/c1-4-16-11-13-17(14-12-16)26-19-9-7-8-18(19)21(24-26)22(27)25(3)20-10-5-6-15-23(20,2)28/h11-14,20,28H,4-10,15H2,1-3H3/t20-,23-/m1/s1. The summed E-state index contributed by atoms with van der Waals surface area (Å²) >= 11 is 0. The van der Waals surface area contributed by atoms with E-state index in [9.17, 15) is 9.90 Å². The van der Waals surface area contributed by atoms with E-state index in [0.717, 1.165) is 68.3 Å². The molecule has 1 saturated carbocycles. The van der Waals surface area contributed by atoms with Crippen molar-refractivity contribution < 1.29 is 9.90 Å². The Morgan fingerprint density at radius 2 is 2.00 bits per heavy atom. The maximum Gasteiger partial charge on any atom is 0.274 e. The van der Waals surface area contributed by atoms with Crippen molar-refractivity contribution in [2.45, 2.75) is 76.9 Å². The lowest BCUT2D eigenvalue weighted by molar-refractivity contribution is -0.0451. The highest BCUT2D eigenvalue weighted by Crippen LogP contribution is 2.34. The SMILES string of the molecule is CCc1ccc(-n2nc(C(=O)N(C)[C@@H]3CCCC[C@@]3(C)O)c3c2CCC3)cc1. The van der Waals surface area contributed by atoms with Gasteiger partial charge in [-0.1, -0.05) is 31.9 Å². The number of benzene rings is 1. The topological polar surface area (TPSA) is 58.4 Å². The largest absolute Gasteiger partial charge is 0.388 e. The van der Waals surface area contributed by atoms with E-state index in [0.29, 0.717) is 5.69 Å². The van der Waals surface area contributed by atoms with Crippen LogP contribution in [0.15, 0.2) is 24.3 Å². The Kier molecular flexibility index (Phi) is 5.04. The zero-order valence-electron chi connectivity index (χ0n) is 17.2. The predicted molar refractivity (Wildman–Crippen MR) is 110 cm³/mol. The van der Waals surface area contributed by atoms with Gasteiger partial charge in [-0.05, 0) is 63.1 Å². The second kappa shape index (κ2) is 7.36. The van der Waals surface area contributed by atoms with Crippen molar-refractivity contribution >= 4 is 5.91 Å². The molecule has 2 aromatic rings. The van der Waals surface area contributed by atoms with Crippen LogP contribution in [0.3, 0.4) is 0 Å². The summed E-state index contributed by atoms with van der Waals surface area (Å²) in [5, 5.41) is 15.6. The molecule has 1 fully saturated rings. The summed E-state index contributed by atoms with van der Waals surface area (Å²) < 4.78 is 1.96. The molecule has 1 aromatic heterocycles. The van der Waals surface area contributed by atoms with Crippen molar-refractivity contribution in [1.29, 1.82) is 0 Å². The van der Waals surface area contributed by atoms with Crippen LogP contribution in [0.1, 0.15) is 73.3 Å². The molecule has 5 heteroatoms. The van der Waals surface area contributed by atoms with E-state index in [4.69, 9.17) is 5.10 Å². The normalized spacial score (nSPS) is 24.2. The van der Waals surface area contributed by atoms with E-state index in [-0.39, 0.29) is 11.9 Å². The van der Waals surface area contributed by atoms with Crippen molar-refractivity contribution in [3.8, 4) is 5.69 Å². The molecule has 1 heterocycles.